The monoisotopic (exact) mass is 400 g/mol. The van der Waals surface area contributed by atoms with Gasteiger partial charge in [-0.3, -0.25) is 0 Å². The van der Waals surface area contributed by atoms with Crippen molar-refractivity contribution in [2.45, 2.75) is 41.0 Å². The van der Waals surface area contributed by atoms with E-state index in [1.165, 1.54) is 16.7 Å². The number of ether oxygens (including phenoxy) is 1. The number of benzene rings is 3. The SMILES string of the molecule is Cc1cc2cc(CC(C)(C)C)cc3c2c(c1C)-c1c(c(F)c2ccccc2[n+]1C)O3. The Hall–Kier alpha value is -2.94. The van der Waals surface area contributed by atoms with Gasteiger partial charge < -0.3 is 4.74 Å². The molecule has 1 aliphatic rings. The van der Waals surface area contributed by atoms with Gasteiger partial charge in [-0.05, 0) is 59.9 Å². The second-order valence-electron chi connectivity index (χ2n) is 9.79. The Balaban J connectivity index is 1.92. The zero-order chi connectivity index (χ0) is 21.4. The summed E-state index contributed by atoms with van der Waals surface area (Å²) in [6, 6.07) is 14.2. The van der Waals surface area contributed by atoms with Crippen molar-refractivity contribution in [3.63, 3.8) is 0 Å². The van der Waals surface area contributed by atoms with Gasteiger partial charge in [-0.15, -0.1) is 0 Å². The molecule has 2 nitrogen and oxygen atoms in total. The van der Waals surface area contributed by atoms with E-state index in [4.69, 9.17) is 4.74 Å². The fourth-order valence-electron chi connectivity index (χ4n) is 4.83. The third kappa shape index (κ3) is 2.72. The number of fused-ring (bicyclic) bond motifs is 3. The van der Waals surface area contributed by atoms with Crippen LogP contribution in [0.5, 0.6) is 11.5 Å². The summed E-state index contributed by atoms with van der Waals surface area (Å²) in [6.07, 6.45) is 0.933. The highest BCUT2D eigenvalue weighted by atomic mass is 19.1. The van der Waals surface area contributed by atoms with Gasteiger partial charge in [0, 0.05) is 11.5 Å². The van der Waals surface area contributed by atoms with Crippen LogP contribution in [-0.4, -0.2) is 0 Å². The number of halogens is 1. The average Bonchev–Trinajstić information content (AvgIpc) is 2.68. The van der Waals surface area contributed by atoms with Crippen LogP contribution in [0.2, 0.25) is 0 Å². The summed E-state index contributed by atoms with van der Waals surface area (Å²) < 4.78 is 24.1. The lowest BCUT2D eigenvalue weighted by molar-refractivity contribution is -0.634. The Bertz CT molecular complexity index is 1360. The first-order chi connectivity index (χ1) is 14.2. The zero-order valence-electron chi connectivity index (χ0n) is 18.5. The smallest absolute Gasteiger partial charge is 0.260 e. The quantitative estimate of drug-likeness (QED) is 0.278. The topological polar surface area (TPSA) is 13.1 Å². The molecule has 0 unspecified atom stereocenters. The van der Waals surface area contributed by atoms with Crippen molar-refractivity contribution in [2.75, 3.05) is 0 Å². The molecule has 1 aromatic heterocycles. The lowest BCUT2D eigenvalue weighted by Crippen LogP contribution is -2.34. The van der Waals surface area contributed by atoms with Crippen molar-refractivity contribution in [3.05, 3.63) is 65.0 Å². The third-order valence-electron chi connectivity index (χ3n) is 6.22. The van der Waals surface area contributed by atoms with Crippen molar-refractivity contribution in [3.8, 4) is 22.8 Å². The highest BCUT2D eigenvalue weighted by Crippen LogP contribution is 2.49. The Morgan fingerprint density at radius 2 is 1.77 bits per heavy atom. The van der Waals surface area contributed by atoms with E-state index in [0.717, 1.165) is 39.7 Å². The summed E-state index contributed by atoms with van der Waals surface area (Å²) in [6.45, 7) is 11.0. The molecule has 152 valence electrons. The molecule has 3 heteroatoms. The number of rotatable bonds is 1. The van der Waals surface area contributed by atoms with Crippen molar-refractivity contribution in [2.24, 2.45) is 12.5 Å². The molecule has 3 aromatic carbocycles. The number of nitrogens with zero attached hydrogens (tertiary/aromatic N) is 1. The Morgan fingerprint density at radius 1 is 1.03 bits per heavy atom. The van der Waals surface area contributed by atoms with Crippen LogP contribution < -0.4 is 9.30 Å². The largest absolute Gasteiger partial charge is 0.447 e. The molecule has 0 saturated carbocycles. The number of hydrogen-bond donors (Lipinski definition) is 0. The first kappa shape index (κ1) is 19.0. The number of aromatic nitrogens is 1. The minimum Gasteiger partial charge on any atom is -0.447 e. The molecule has 2 heterocycles. The van der Waals surface area contributed by atoms with Crippen LogP contribution in [0.3, 0.4) is 0 Å². The van der Waals surface area contributed by atoms with Crippen LogP contribution >= 0.6 is 0 Å². The molecule has 0 spiro atoms. The summed E-state index contributed by atoms with van der Waals surface area (Å²) in [4.78, 5) is 0. The molecule has 0 saturated heterocycles. The minimum atomic E-state index is -0.292. The lowest BCUT2D eigenvalue weighted by Gasteiger charge is -2.25. The normalized spacial score (nSPS) is 12.9. The predicted molar refractivity (Wildman–Crippen MR) is 121 cm³/mol. The van der Waals surface area contributed by atoms with Gasteiger partial charge in [0.1, 0.15) is 12.8 Å². The zero-order valence-corrected chi connectivity index (χ0v) is 18.5. The minimum absolute atomic E-state index is 0.156. The summed E-state index contributed by atoms with van der Waals surface area (Å²) in [5.41, 5.74) is 6.50. The molecule has 0 atom stereocenters. The van der Waals surface area contributed by atoms with Gasteiger partial charge in [0.25, 0.3) is 5.69 Å². The molecule has 0 N–H and O–H groups in total. The van der Waals surface area contributed by atoms with Crippen molar-refractivity contribution in [1.82, 2.24) is 0 Å². The maximum atomic E-state index is 15.7. The average molecular weight is 401 g/mol. The summed E-state index contributed by atoms with van der Waals surface area (Å²) >= 11 is 0. The van der Waals surface area contributed by atoms with Gasteiger partial charge in [0.15, 0.2) is 5.82 Å². The van der Waals surface area contributed by atoms with Gasteiger partial charge in [-0.1, -0.05) is 45.0 Å². The van der Waals surface area contributed by atoms with Crippen LogP contribution in [-0.2, 0) is 13.5 Å². The van der Waals surface area contributed by atoms with E-state index in [1.807, 2.05) is 31.3 Å². The second-order valence-corrected chi connectivity index (χ2v) is 9.79. The lowest BCUT2D eigenvalue weighted by atomic mass is 9.85. The van der Waals surface area contributed by atoms with Crippen LogP contribution in [0.25, 0.3) is 32.9 Å². The van der Waals surface area contributed by atoms with Gasteiger partial charge >= 0.3 is 0 Å². The van der Waals surface area contributed by atoms with E-state index < -0.39 is 0 Å². The molecule has 0 radical (unpaired) electrons. The van der Waals surface area contributed by atoms with Gasteiger partial charge in [-0.2, -0.15) is 4.57 Å². The number of para-hydroxylation sites is 1. The van der Waals surface area contributed by atoms with Gasteiger partial charge in [0.2, 0.25) is 11.3 Å². The first-order valence-corrected chi connectivity index (χ1v) is 10.5. The van der Waals surface area contributed by atoms with Crippen molar-refractivity contribution >= 4 is 21.7 Å². The highest BCUT2D eigenvalue weighted by Gasteiger charge is 2.35. The van der Waals surface area contributed by atoms with Crippen LogP contribution in [0.1, 0.15) is 37.5 Å². The molecule has 0 amide bonds. The van der Waals surface area contributed by atoms with Gasteiger partial charge in [0.05, 0.1) is 10.9 Å². The van der Waals surface area contributed by atoms with Crippen molar-refractivity contribution < 1.29 is 13.7 Å². The Kier molecular flexibility index (Phi) is 3.99. The van der Waals surface area contributed by atoms with Crippen LogP contribution in [0.15, 0.2) is 42.5 Å². The second kappa shape index (κ2) is 6.28. The summed E-state index contributed by atoms with van der Waals surface area (Å²) in [5, 5.41) is 2.81. The standard InChI is InChI=1S/C27H27FNO/c1-15-11-18-12-17(14-27(3,4)5)13-21-23(18)22(16(15)2)25-26(30-21)24(28)19-9-7-8-10-20(19)29(25)6/h7-13H,14H2,1-6H3/q+1. The number of aryl methyl sites for hydroxylation is 2. The molecular formula is C27H27FNO+. The van der Waals surface area contributed by atoms with E-state index >= 15 is 4.39 Å². The van der Waals surface area contributed by atoms with E-state index in [-0.39, 0.29) is 11.2 Å². The van der Waals surface area contributed by atoms with Crippen LogP contribution in [0, 0.1) is 25.1 Å². The van der Waals surface area contributed by atoms with Gasteiger partial charge in [-0.25, -0.2) is 4.39 Å². The Morgan fingerprint density at radius 3 is 2.50 bits per heavy atom. The molecule has 4 aromatic rings. The van der Waals surface area contributed by atoms with Crippen molar-refractivity contribution in [1.29, 1.82) is 0 Å². The molecule has 30 heavy (non-hydrogen) atoms. The molecule has 0 fully saturated rings. The Labute approximate surface area is 176 Å². The third-order valence-corrected chi connectivity index (χ3v) is 6.22. The molecular weight excluding hydrogens is 373 g/mol. The van der Waals surface area contributed by atoms with E-state index in [9.17, 15) is 0 Å². The fraction of sp³-hybridized carbons (Fsp3) is 0.296. The number of pyridine rings is 1. The first-order valence-electron chi connectivity index (χ1n) is 10.5. The molecule has 0 bridgehead atoms. The van der Waals surface area contributed by atoms with E-state index in [1.54, 1.807) is 0 Å². The van der Waals surface area contributed by atoms with Crippen LogP contribution in [0.4, 0.5) is 4.39 Å². The fourth-order valence-corrected chi connectivity index (χ4v) is 4.83. The molecule has 1 aliphatic heterocycles. The highest BCUT2D eigenvalue weighted by molar-refractivity contribution is 6.05. The predicted octanol–water partition coefficient (Wildman–Crippen LogP) is 6.93. The molecule has 5 rings (SSSR count). The van der Waals surface area contributed by atoms with E-state index in [0.29, 0.717) is 11.1 Å². The summed E-state index contributed by atoms with van der Waals surface area (Å²) in [5.74, 6) is 0.790. The maximum absolute atomic E-state index is 15.7. The number of hydrogen-bond acceptors (Lipinski definition) is 1. The summed E-state index contributed by atoms with van der Waals surface area (Å²) in [7, 11) is 2.00. The molecule has 0 aliphatic carbocycles. The van der Waals surface area contributed by atoms with E-state index in [2.05, 4.69) is 57.4 Å². The maximum Gasteiger partial charge on any atom is 0.260 e.